The van der Waals surface area contributed by atoms with E-state index >= 15 is 0 Å². The number of hydrogen-bond donors (Lipinski definition) is 2. The molecule has 0 aliphatic heterocycles. The predicted octanol–water partition coefficient (Wildman–Crippen LogP) is 3.32. The molecule has 0 saturated carbocycles. The number of halogens is 1. The molecule has 0 saturated heterocycles. The van der Waals surface area contributed by atoms with Crippen LogP contribution in [-0.4, -0.2) is 21.0 Å². The molecule has 21 heavy (non-hydrogen) atoms. The number of nitrogens with one attached hydrogen (secondary N) is 1. The third kappa shape index (κ3) is 3.47. The number of non-ortho nitro benzene ring substituents is 1. The maximum absolute atomic E-state index is 11.3. The van der Waals surface area contributed by atoms with Crippen LogP contribution in [0.5, 0.6) is 0 Å². The summed E-state index contributed by atoms with van der Waals surface area (Å²) in [6.07, 6.45) is 1.58. The summed E-state index contributed by atoms with van der Waals surface area (Å²) < 4.78 is 0.394. The summed E-state index contributed by atoms with van der Waals surface area (Å²) in [5.41, 5.74) is 0.434. The highest BCUT2D eigenvalue weighted by molar-refractivity contribution is 7.15. The zero-order valence-electron chi connectivity index (χ0n) is 10.8. The molecule has 0 aliphatic carbocycles. The van der Waals surface area contributed by atoms with Crippen LogP contribution >= 0.6 is 22.9 Å². The monoisotopic (exact) mass is 327 g/mol. The minimum absolute atomic E-state index is 0.141. The van der Waals surface area contributed by atoms with Gasteiger partial charge in [-0.1, -0.05) is 11.6 Å². The Labute approximate surface area is 128 Å². The van der Waals surface area contributed by atoms with E-state index < -0.39 is 10.9 Å². The minimum Gasteiger partial charge on any atom is -0.478 e. The summed E-state index contributed by atoms with van der Waals surface area (Å²) in [6.45, 7) is 1.95. The van der Waals surface area contributed by atoms with E-state index in [9.17, 15) is 20.0 Å². The van der Waals surface area contributed by atoms with Gasteiger partial charge in [0.05, 0.1) is 22.7 Å². The number of hydrogen-bond acceptors (Lipinski definition) is 6. The molecule has 0 unspecified atom stereocenters. The number of rotatable bonds is 5. The average Bonchev–Trinajstić information content (AvgIpc) is 2.82. The van der Waals surface area contributed by atoms with Gasteiger partial charge in [0, 0.05) is 23.2 Å². The fraction of sp³-hybridized carbons (Fsp3) is 0.167. The molecule has 9 heteroatoms. The first-order chi connectivity index (χ1) is 9.88. The molecule has 0 atom stereocenters. The third-order valence-electron chi connectivity index (χ3n) is 2.73. The van der Waals surface area contributed by atoms with Gasteiger partial charge in [-0.2, -0.15) is 0 Å². The lowest BCUT2D eigenvalue weighted by Crippen LogP contribution is -2.08. The van der Waals surface area contributed by atoms with Gasteiger partial charge in [0.1, 0.15) is 0 Å². The molecule has 0 amide bonds. The van der Waals surface area contributed by atoms with Gasteiger partial charge in [0.2, 0.25) is 0 Å². The van der Waals surface area contributed by atoms with Gasteiger partial charge < -0.3 is 10.4 Å². The van der Waals surface area contributed by atoms with E-state index in [1.54, 1.807) is 13.1 Å². The lowest BCUT2D eigenvalue weighted by atomic mass is 10.1. The molecule has 2 aromatic rings. The minimum atomic E-state index is -1.23. The second-order valence-electron chi connectivity index (χ2n) is 4.18. The second-order valence-corrected chi connectivity index (χ2v) is 5.88. The van der Waals surface area contributed by atoms with Crippen molar-refractivity contribution in [1.82, 2.24) is 4.98 Å². The summed E-state index contributed by atoms with van der Waals surface area (Å²) in [4.78, 5) is 26.2. The van der Waals surface area contributed by atoms with Crippen molar-refractivity contribution >= 4 is 40.3 Å². The first-order valence-electron chi connectivity index (χ1n) is 5.75. The highest BCUT2D eigenvalue weighted by atomic mass is 35.5. The number of carboxylic acids is 1. The number of carbonyl (C=O) groups is 1. The number of anilines is 1. The van der Waals surface area contributed by atoms with Crippen molar-refractivity contribution in [3.63, 3.8) is 0 Å². The maximum atomic E-state index is 11.3. The standard InChI is InChI=1S/C12H10ClN3O4S/c1-6-2-7(16(19)20)3-9(11(17)18)10(6)14-4-8-5-15-12(13)21-8/h2-3,5,14H,4H2,1H3,(H,17,18). The predicted molar refractivity (Wildman–Crippen MR) is 79.2 cm³/mol. The third-order valence-corrected chi connectivity index (χ3v) is 3.84. The van der Waals surface area contributed by atoms with E-state index in [0.717, 1.165) is 10.9 Å². The van der Waals surface area contributed by atoms with Gasteiger partial charge in [-0.3, -0.25) is 10.1 Å². The van der Waals surface area contributed by atoms with Crippen LogP contribution in [0.25, 0.3) is 0 Å². The lowest BCUT2D eigenvalue weighted by Gasteiger charge is -2.11. The van der Waals surface area contributed by atoms with Crippen LogP contribution in [0.1, 0.15) is 20.8 Å². The fourth-order valence-electron chi connectivity index (χ4n) is 1.82. The number of aromatic nitrogens is 1. The molecule has 2 rings (SSSR count). The van der Waals surface area contributed by atoms with Crippen LogP contribution in [0, 0.1) is 17.0 Å². The number of thiazole rings is 1. The summed E-state index contributed by atoms with van der Waals surface area (Å²) in [5.74, 6) is -1.23. The van der Waals surface area contributed by atoms with E-state index in [0.29, 0.717) is 22.3 Å². The molecule has 2 N–H and O–H groups in total. The molecule has 110 valence electrons. The molecule has 0 spiro atoms. The Kier molecular flexibility index (Phi) is 4.39. The first kappa shape index (κ1) is 15.2. The molecule has 0 bridgehead atoms. The number of nitrogens with zero attached hydrogens (tertiary/aromatic N) is 2. The van der Waals surface area contributed by atoms with Crippen molar-refractivity contribution in [1.29, 1.82) is 0 Å². The van der Waals surface area contributed by atoms with Gasteiger partial charge >= 0.3 is 5.97 Å². The maximum Gasteiger partial charge on any atom is 0.338 e. The smallest absolute Gasteiger partial charge is 0.338 e. The van der Waals surface area contributed by atoms with E-state index in [1.165, 1.54) is 17.4 Å². The van der Waals surface area contributed by atoms with Crippen molar-refractivity contribution in [3.8, 4) is 0 Å². The first-order valence-corrected chi connectivity index (χ1v) is 6.94. The normalized spacial score (nSPS) is 10.4. The summed E-state index contributed by atoms with van der Waals surface area (Å²) in [7, 11) is 0. The van der Waals surface area contributed by atoms with Crippen molar-refractivity contribution in [2.24, 2.45) is 0 Å². The summed E-state index contributed by atoms with van der Waals surface area (Å²) >= 11 is 6.99. The van der Waals surface area contributed by atoms with Crippen LogP contribution in [0.15, 0.2) is 18.3 Å². The largest absolute Gasteiger partial charge is 0.478 e. The van der Waals surface area contributed by atoms with E-state index in [2.05, 4.69) is 10.3 Å². The molecule has 0 aliphatic rings. The quantitative estimate of drug-likeness (QED) is 0.644. The Morgan fingerprint density at radius 1 is 1.57 bits per heavy atom. The number of nitro groups is 1. The zero-order chi connectivity index (χ0) is 15.6. The van der Waals surface area contributed by atoms with Gasteiger partial charge in [-0.05, 0) is 12.5 Å². The number of carboxylic acid groups (broad SMARTS) is 1. The fourth-order valence-corrected chi connectivity index (χ4v) is 2.74. The average molecular weight is 328 g/mol. The Morgan fingerprint density at radius 2 is 2.29 bits per heavy atom. The number of nitro benzene ring substituents is 1. The lowest BCUT2D eigenvalue weighted by molar-refractivity contribution is -0.384. The SMILES string of the molecule is Cc1cc([N+](=O)[O-])cc(C(=O)O)c1NCc1cnc(Cl)s1. The van der Waals surface area contributed by atoms with Gasteiger partial charge in [0.25, 0.3) is 5.69 Å². The van der Waals surface area contributed by atoms with Crippen LogP contribution in [0.4, 0.5) is 11.4 Å². The molecule has 0 fully saturated rings. The van der Waals surface area contributed by atoms with Crippen LogP contribution in [0.3, 0.4) is 0 Å². The van der Waals surface area contributed by atoms with Crippen LogP contribution in [0.2, 0.25) is 4.47 Å². The topological polar surface area (TPSA) is 105 Å². The molecule has 1 aromatic heterocycles. The molecule has 1 heterocycles. The zero-order valence-corrected chi connectivity index (χ0v) is 12.4. The van der Waals surface area contributed by atoms with Crippen molar-refractivity contribution in [2.75, 3.05) is 5.32 Å². The van der Waals surface area contributed by atoms with Crippen molar-refractivity contribution < 1.29 is 14.8 Å². The Balaban J connectivity index is 2.33. The van der Waals surface area contributed by atoms with Crippen LogP contribution in [-0.2, 0) is 6.54 Å². The highest BCUT2D eigenvalue weighted by Crippen LogP contribution is 2.28. The van der Waals surface area contributed by atoms with Gasteiger partial charge in [-0.15, -0.1) is 11.3 Å². The number of aromatic carboxylic acids is 1. The van der Waals surface area contributed by atoms with Gasteiger partial charge in [0.15, 0.2) is 4.47 Å². The Hall–Kier alpha value is -2.19. The number of benzene rings is 1. The van der Waals surface area contributed by atoms with Crippen LogP contribution < -0.4 is 5.32 Å². The van der Waals surface area contributed by atoms with E-state index in [1.807, 2.05) is 0 Å². The van der Waals surface area contributed by atoms with Gasteiger partial charge in [-0.25, -0.2) is 9.78 Å². The summed E-state index contributed by atoms with van der Waals surface area (Å²) in [5, 5.41) is 23.0. The summed E-state index contributed by atoms with van der Waals surface area (Å²) in [6, 6.07) is 2.37. The molecule has 7 nitrogen and oxygen atoms in total. The molecule has 0 radical (unpaired) electrons. The number of aryl methyl sites for hydroxylation is 1. The van der Waals surface area contributed by atoms with Crippen molar-refractivity contribution in [3.05, 3.63) is 48.9 Å². The molecular weight excluding hydrogens is 318 g/mol. The second kappa shape index (κ2) is 6.06. The molecular formula is C12H10ClN3O4S. The Bertz CT molecular complexity index is 717. The Morgan fingerprint density at radius 3 is 2.81 bits per heavy atom. The highest BCUT2D eigenvalue weighted by Gasteiger charge is 2.19. The molecule has 1 aromatic carbocycles. The van der Waals surface area contributed by atoms with Crippen molar-refractivity contribution in [2.45, 2.75) is 13.5 Å². The van der Waals surface area contributed by atoms with E-state index in [4.69, 9.17) is 11.6 Å². The van der Waals surface area contributed by atoms with E-state index in [-0.39, 0.29) is 11.3 Å².